The van der Waals surface area contributed by atoms with Crippen molar-refractivity contribution in [3.8, 4) is 0 Å². The molecule has 0 amide bonds. The zero-order chi connectivity index (χ0) is 15.6. The third kappa shape index (κ3) is 3.79. The first-order chi connectivity index (χ1) is 9.79. The lowest BCUT2D eigenvalue weighted by Crippen LogP contribution is -2.33. The van der Waals surface area contributed by atoms with Gasteiger partial charge in [-0.25, -0.2) is 12.7 Å². The van der Waals surface area contributed by atoms with Gasteiger partial charge in [0.05, 0.1) is 24.1 Å². The fourth-order valence-corrected chi connectivity index (χ4v) is 4.60. The van der Waals surface area contributed by atoms with Crippen molar-refractivity contribution >= 4 is 16.0 Å². The van der Waals surface area contributed by atoms with Gasteiger partial charge in [-0.2, -0.15) is 15.4 Å². The number of carboxylic acids is 1. The molecule has 1 aliphatic heterocycles. The van der Waals surface area contributed by atoms with Gasteiger partial charge in [-0.15, -0.1) is 0 Å². The summed E-state index contributed by atoms with van der Waals surface area (Å²) >= 11 is 0. The molecule has 2 N–H and O–H groups in total. The molecule has 1 fully saturated rings. The largest absolute Gasteiger partial charge is 0.481 e. The van der Waals surface area contributed by atoms with E-state index in [1.165, 1.54) is 10.5 Å². The Morgan fingerprint density at radius 2 is 2.24 bits per heavy atom. The van der Waals surface area contributed by atoms with Gasteiger partial charge in [-0.1, -0.05) is 13.8 Å². The molecule has 1 aromatic rings. The molecule has 1 aliphatic rings. The van der Waals surface area contributed by atoms with E-state index in [1.807, 2.05) is 13.8 Å². The van der Waals surface area contributed by atoms with Gasteiger partial charge in [0.25, 0.3) is 0 Å². The zero-order valence-corrected chi connectivity index (χ0v) is 12.9. The molecular formula is C12H20N4O4S. The van der Waals surface area contributed by atoms with Crippen LogP contribution in [0.25, 0.3) is 0 Å². The first-order valence-corrected chi connectivity index (χ1v) is 8.45. The average Bonchev–Trinajstić information content (AvgIpc) is 2.93. The van der Waals surface area contributed by atoms with Gasteiger partial charge >= 0.3 is 5.97 Å². The quantitative estimate of drug-likeness (QED) is 0.778. The molecular weight excluding hydrogens is 296 g/mol. The SMILES string of the molecule is CC(C)CS(=O)(=O)N1C[C@H](CC(=O)O)[C@H](c2cn[nH]n2)C1. The molecule has 21 heavy (non-hydrogen) atoms. The molecule has 0 saturated carbocycles. The number of hydrogen-bond donors (Lipinski definition) is 2. The number of aromatic amines is 1. The second kappa shape index (κ2) is 6.10. The number of carboxylic acid groups (broad SMARTS) is 1. The zero-order valence-electron chi connectivity index (χ0n) is 12.1. The lowest BCUT2D eigenvalue weighted by molar-refractivity contribution is -0.138. The molecule has 0 aliphatic carbocycles. The minimum Gasteiger partial charge on any atom is -0.481 e. The van der Waals surface area contributed by atoms with Gasteiger partial charge in [0, 0.05) is 19.0 Å². The minimum atomic E-state index is -3.37. The van der Waals surface area contributed by atoms with Crippen LogP contribution in [0, 0.1) is 11.8 Å². The van der Waals surface area contributed by atoms with E-state index in [9.17, 15) is 13.2 Å². The Morgan fingerprint density at radius 1 is 1.52 bits per heavy atom. The number of aromatic nitrogens is 3. The monoisotopic (exact) mass is 316 g/mol. The fourth-order valence-electron chi connectivity index (χ4n) is 2.74. The number of nitrogens with one attached hydrogen (secondary N) is 1. The first kappa shape index (κ1) is 15.9. The Kier molecular flexibility index (Phi) is 4.62. The molecule has 0 bridgehead atoms. The van der Waals surface area contributed by atoms with E-state index < -0.39 is 16.0 Å². The summed E-state index contributed by atoms with van der Waals surface area (Å²) < 4.78 is 26.0. The van der Waals surface area contributed by atoms with Gasteiger partial charge in [0.2, 0.25) is 10.0 Å². The van der Waals surface area contributed by atoms with Crippen LogP contribution in [-0.2, 0) is 14.8 Å². The van der Waals surface area contributed by atoms with E-state index in [-0.39, 0.29) is 43.0 Å². The fraction of sp³-hybridized carbons (Fsp3) is 0.750. The highest BCUT2D eigenvalue weighted by atomic mass is 32.2. The van der Waals surface area contributed by atoms with Crippen LogP contribution in [0.3, 0.4) is 0 Å². The summed E-state index contributed by atoms with van der Waals surface area (Å²) in [6.07, 6.45) is 1.45. The predicted octanol–water partition coefficient (Wildman–Crippen LogP) is 0.281. The standard InChI is InChI=1S/C12H20N4O4S/c1-8(2)7-21(19,20)16-5-9(3-12(17)18)10(6-16)11-4-13-15-14-11/h4,8-10H,3,5-7H2,1-2H3,(H,17,18)(H,13,14,15)/t9-,10+/m0/s1. The van der Waals surface area contributed by atoms with E-state index >= 15 is 0 Å². The van der Waals surface area contributed by atoms with Crippen LogP contribution < -0.4 is 0 Å². The second-order valence-electron chi connectivity index (χ2n) is 5.85. The maximum Gasteiger partial charge on any atom is 0.303 e. The molecule has 1 saturated heterocycles. The molecule has 0 spiro atoms. The second-order valence-corrected chi connectivity index (χ2v) is 7.86. The highest BCUT2D eigenvalue weighted by molar-refractivity contribution is 7.89. The lowest BCUT2D eigenvalue weighted by atomic mass is 9.91. The smallest absolute Gasteiger partial charge is 0.303 e. The van der Waals surface area contributed by atoms with Crippen LogP contribution in [0.2, 0.25) is 0 Å². The maximum absolute atomic E-state index is 12.3. The Hall–Kier alpha value is -1.48. The topological polar surface area (TPSA) is 116 Å². The summed E-state index contributed by atoms with van der Waals surface area (Å²) in [4.78, 5) is 11.0. The number of aliphatic carboxylic acids is 1. The molecule has 8 nitrogen and oxygen atoms in total. The maximum atomic E-state index is 12.3. The summed E-state index contributed by atoms with van der Waals surface area (Å²) in [5.74, 6) is -1.36. The summed E-state index contributed by atoms with van der Waals surface area (Å²) in [5, 5.41) is 19.2. The molecule has 1 aromatic heterocycles. The number of hydrogen-bond acceptors (Lipinski definition) is 5. The van der Waals surface area contributed by atoms with Crippen LogP contribution in [0.15, 0.2) is 6.20 Å². The van der Waals surface area contributed by atoms with Crippen LogP contribution in [-0.4, -0.2) is 58.1 Å². The molecule has 2 rings (SSSR count). The van der Waals surface area contributed by atoms with Crippen LogP contribution in [0.4, 0.5) is 0 Å². The molecule has 0 aromatic carbocycles. The van der Waals surface area contributed by atoms with Crippen LogP contribution in [0.5, 0.6) is 0 Å². The van der Waals surface area contributed by atoms with Crippen molar-refractivity contribution in [2.24, 2.45) is 11.8 Å². The molecule has 0 unspecified atom stereocenters. The summed E-state index contributed by atoms with van der Waals surface area (Å²) in [7, 11) is -3.37. The Morgan fingerprint density at radius 3 is 2.76 bits per heavy atom. The van der Waals surface area contributed by atoms with E-state index in [0.29, 0.717) is 5.69 Å². The Balaban J connectivity index is 2.20. The minimum absolute atomic E-state index is 0.0269. The number of H-pyrrole nitrogens is 1. The third-order valence-corrected chi connectivity index (χ3v) is 5.77. The lowest BCUT2D eigenvalue weighted by Gasteiger charge is -2.17. The molecule has 2 heterocycles. The molecule has 9 heteroatoms. The van der Waals surface area contributed by atoms with Crippen LogP contribution in [0.1, 0.15) is 31.9 Å². The average molecular weight is 316 g/mol. The van der Waals surface area contributed by atoms with Gasteiger partial charge in [-0.3, -0.25) is 4.79 Å². The highest BCUT2D eigenvalue weighted by Crippen LogP contribution is 2.35. The summed E-state index contributed by atoms with van der Waals surface area (Å²) in [6.45, 7) is 4.17. The van der Waals surface area contributed by atoms with E-state index in [0.717, 1.165) is 0 Å². The van der Waals surface area contributed by atoms with Crippen molar-refractivity contribution in [2.75, 3.05) is 18.8 Å². The Labute approximate surface area is 123 Å². The summed E-state index contributed by atoms with van der Waals surface area (Å²) in [6, 6.07) is 0. The van der Waals surface area contributed by atoms with Crippen molar-refractivity contribution in [2.45, 2.75) is 26.2 Å². The van der Waals surface area contributed by atoms with Gasteiger partial charge in [0.15, 0.2) is 0 Å². The van der Waals surface area contributed by atoms with E-state index in [2.05, 4.69) is 15.4 Å². The van der Waals surface area contributed by atoms with Gasteiger partial charge in [0.1, 0.15) is 0 Å². The van der Waals surface area contributed by atoms with Crippen molar-refractivity contribution in [3.63, 3.8) is 0 Å². The first-order valence-electron chi connectivity index (χ1n) is 6.85. The number of nitrogens with zero attached hydrogens (tertiary/aromatic N) is 3. The molecule has 0 radical (unpaired) electrons. The van der Waals surface area contributed by atoms with E-state index in [4.69, 9.17) is 5.11 Å². The predicted molar refractivity (Wildman–Crippen MR) is 75.1 cm³/mol. The number of rotatable bonds is 6. The Bertz CT molecular complexity index is 584. The third-order valence-electron chi connectivity index (χ3n) is 3.60. The normalized spacial score (nSPS) is 23.8. The number of sulfonamides is 1. The van der Waals surface area contributed by atoms with Crippen molar-refractivity contribution in [1.29, 1.82) is 0 Å². The van der Waals surface area contributed by atoms with Crippen molar-refractivity contribution in [1.82, 2.24) is 19.7 Å². The molecule has 118 valence electrons. The number of carbonyl (C=O) groups is 1. The molecule has 2 atom stereocenters. The van der Waals surface area contributed by atoms with Crippen LogP contribution >= 0.6 is 0 Å². The van der Waals surface area contributed by atoms with Gasteiger partial charge < -0.3 is 5.11 Å². The van der Waals surface area contributed by atoms with Gasteiger partial charge in [-0.05, 0) is 11.8 Å². The van der Waals surface area contributed by atoms with E-state index in [1.54, 1.807) is 0 Å². The highest BCUT2D eigenvalue weighted by Gasteiger charge is 2.41. The van der Waals surface area contributed by atoms with Crippen molar-refractivity contribution in [3.05, 3.63) is 11.9 Å². The van der Waals surface area contributed by atoms with Crippen molar-refractivity contribution < 1.29 is 18.3 Å². The summed E-state index contributed by atoms with van der Waals surface area (Å²) in [5.41, 5.74) is 0.614.